The number of ether oxygens (including phenoxy) is 1. The largest absolute Gasteiger partial charge is 0.508 e. The molecule has 0 aliphatic carbocycles. The number of hydrogen-bond donors (Lipinski definition) is 3. The summed E-state index contributed by atoms with van der Waals surface area (Å²) in [4.78, 5) is 42.5. The number of hydrogen-bond acceptors (Lipinski definition) is 6. The third-order valence-electron chi connectivity index (χ3n) is 5.59. The van der Waals surface area contributed by atoms with Gasteiger partial charge in [-0.25, -0.2) is 9.78 Å². The molecular formula is C27H23BrN4O5. The predicted molar refractivity (Wildman–Crippen MR) is 142 cm³/mol. The summed E-state index contributed by atoms with van der Waals surface area (Å²) in [6.45, 7) is 0.225. The topological polar surface area (TPSA) is 123 Å². The van der Waals surface area contributed by atoms with Gasteiger partial charge < -0.3 is 25.0 Å². The fourth-order valence-corrected chi connectivity index (χ4v) is 4.22. The number of methoxy groups -OCH3 is 1. The van der Waals surface area contributed by atoms with E-state index in [1.165, 1.54) is 31.4 Å². The van der Waals surface area contributed by atoms with Crippen LogP contribution in [-0.4, -0.2) is 39.6 Å². The zero-order chi connectivity index (χ0) is 26.5. The van der Waals surface area contributed by atoms with Crippen molar-refractivity contribution in [1.82, 2.24) is 20.2 Å². The van der Waals surface area contributed by atoms with E-state index in [2.05, 4.69) is 31.5 Å². The first-order chi connectivity index (χ1) is 17.8. The number of nitrogens with zero attached hydrogens (tertiary/aromatic N) is 2. The van der Waals surface area contributed by atoms with E-state index in [0.717, 1.165) is 16.6 Å². The normalized spacial score (nSPS) is 11.3. The first-order valence-electron chi connectivity index (χ1n) is 11.2. The summed E-state index contributed by atoms with van der Waals surface area (Å²) in [7, 11) is 3.02. The van der Waals surface area contributed by atoms with Crippen molar-refractivity contribution in [2.75, 3.05) is 7.11 Å². The number of aromatic hydroxyl groups is 1. The number of halogens is 1. The summed E-state index contributed by atoms with van der Waals surface area (Å²) in [5.41, 5.74) is 2.80. The number of carbonyl (C=O) groups is 3. The van der Waals surface area contributed by atoms with Crippen LogP contribution < -0.4 is 10.6 Å². The summed E-state index contributed by atoms with van der Waals surface area (Å²) >= 11 is 3.34. The Kier molecular flexibility index (Phi) is 7.69. The van der Waals surface area contributed by atoms with Crippen LogP contribution in [0, 0.1) is 0 Å². The summed E-state index contributed by atoms with van der Waals surface area (Å²) in [5.74, 6) is -1.09. The number of phenolic OH excluding ortho intramolecular Hbond substituents is 1. The van der Waals surface area contributed by atoms with Crippen LogP contribution >= 0.6 is 15.9 Å². The van der Waals surface area contributed by atoms with Gasteiger partial charge in [-0.2, -0.15) is 0 Å². The van der Waals surface area contributed by atoms with E-state index in [1.807, 2.05) is 24.3 Å². The molecule has 1 heterocycles. The molecule has 0 unspecified atom stereocenters. The number of carbonyl (C=O) groups excluding carboxylic acids is 3. The van der Waals surface area contributed by atoms with Crippen LogP contribution in [0.2, 0.25) is 0 Å². The van der Waals surface area contributed by atoms with Crippen LogP contribution in [-0.2, 0) is 23.1 Å². The number of amides is 2. The second-order valence-electron chi connectivity index (χ2n) is 8.07. The fourth-order valence-electron chi connectivity index (χ4n) is 3.66. The standard InChI is InChI=1S/C27H23BrN4O5/c1-32-23-9-4-3-8-21(23)30-24(32)14-22(27(36)37-2)31-26(35)19-11-10-17(13-20(19)28)25(34)29-15-16-6-5-7-18(33)12-16/h3-14,33H,15H2,1-2H3,(H,29,34)(H,31,35)/b22-14-. The fraction of sp³-hybridized carbons (Fsp3) is 0.111. The van der Waals surface area contributed by atoms with Crippen molar-refractivity contribution in [2.45, 2.75) is 6.54 Å². The van der Waals surface area contributed by atoms with E-state index in [4.69, 9.17) is 4.74 Å². The Bertz CT molecular complexity index is 1540. The minimum absolute atomic E-state index is 0.0919. The van der Waals surface area contributed by atoms with E-state index in [1.54, 1.807) is 35.9 Å². The minimum atomic E-state index is -0.737. The van der Waals surface area contributed by atoms with Crippen LogP contribution in [0.1, 0.15) is 32.1 Å². The summed E-state index contributed by atoms with van der Waals surface area (Å²) in [5, 5.41) is 14.9. The van der Waals surface area contributed by atoms with E-state index in [-0.39, 0.29) is 29.5 Å². The number of para-hydroxylation sites is 2. The SMILES string of the molecule is COC(=O)/C(=C/c1nc2ccccc2n1C)NC(=O)c1ccc(C(=O)NCc2cccc(O)c2)cc1Br. The van der Waals surface area contributed by atoms with Gasteiger partial charge in [-0.05, 0) is 64.0 Å². The number of imidazole rings is 1. The second-order valence-corrected chi connectivity index (χ2v) is 8.92. The Morgan fingerprint density at radius 2 is 1.84 bits per heavy atom. The quantitative estimate of drug-likeness (QED) is 0.232. The molecule has 3 N–H and O–H groups in total. The molecule has 0 saturated carbocycles. The average molecular weight is 563 g/mol. The van der Waals surface area contributed by atoms with Crippen molar-refractivity contribution in [3.05, 3.63) is 99.4 Å². The second kappa shape index (κ2) is 11.1. The number of esters is 1. The molecule has 188 valence electrons. The van der Waals surface area contributed by atoms with Crippen molar-refractivity contribution in [2.24, 2.45) is 7.05 Å². The molecule has 10 heteroatoms. The van der Waals surface area contributed by atoms with Gasteiger partial charge in [-0.1, -0.05) is 24.3 Å². The summed E-state index contributed by atoms with van der Waals surface area (Å²) < 4.78 is 7.01. The van der Waals surface area contributed by atoms with Crippen molar-refractivity contribution in [3.8, 4) is 5.75 Å². The number of aromatic nitrogens is 2. The molecule has 0 bridgehead atoms. The maximum absolute atomic E-state index is 13.0. The van der Waals surface area contributed by atoms with Crippen LogP contribution in [0.3, 0.4) is 0 Å². The number of phenols is 1. The van der Waals surface area contributed by atoms with Gasteiger partial charge in [-0.3, -0.25) is 9.59 Å². The molecule has 4 aromatic rings. The molecule has 0 spiro atoms. The Morgan fingerprint density at radius 3 is 2.54 bits per heavy atom. The molecule has 1 aromatic heterocycles. The average Bonchev–Trinajstić information content (AvgIpc) is 3.21. The first-order valence-corrected chi connectivity index (χ1v) is 11.9. The van der Waals surface area contributed by atoms with Crippen molar-refractivity contribution in [1.29, 1.82) is 0 Å². The number of aryl methyl sites for hydroxylation is 1. The van der Waals surface area contributed by atoms with Crippen LogP contribution in [0.4, 0.5) is 0 Å². The molecule has 3 aromatic carbocycles. The Labute approximate surface area is 220 Å². The van der Waals surface area contributed by atoms with Gasteiger partial charge >= 0.3 is 5.97 Å². The molecule has 4 rings (SSSR count). The third-order valence-corrected chi connectivity index (χ3v) is 6.24. The van der Waals surface area contributed by atoms with E-state index in [0.29, 0.717) is 15.9 Å². The maximum atomic E-state index is 13.0. The number of nitrogens with one attached hydrogen (secondary N) is 2. The summed E-state index contributed by atoms with van der Waals surface area (Å²) in [6, 6.07) is 18.6. The van der Waals surface area contributed by atoms with Gasteiger partial charge in [0.2, 0.25) is 0 Å². The Hall–Kier alpha value is -4.44. The molecular weight excluding hydrogens is 540 g/mol. The molecule has 0 radical (unpaired) electrons. The highest BCUT2D eigenvalue weighted by Crippen LogP contribution is 2.21. The van der Waals surface area contributed by atoms with Crippen molar-refractivity contribution in [3.63, 3.8) is 0 Å². The van der Waals surface area contributed by atoms with Crippen molar-refractivity contribution >= 4 is 50.8 Å². The predicted octanol–water partition coefficient (Wildman–Crippen LogP) is 3.92. The first kappa shape index (κ1) is 25.6. The smallest absolute Gasteiger partial charge is 0.354 e. The van der Waals surface area contributed by atoms with Crippen molar-refractivity contribution < 1.29 is 24.2 Å². The highest BCUT2D eigenvalue weighted by molar-refractivity contribution is 9.10. The highest BCUT2D eigenvalue weighted by Gasteiger charge is 2.19. The molecule has 0 fully saturated rings. The number of fused-ring (bicyclic) bond motifs is 1. The zero-order valence-corrected chi connectivity index (χ0v) is 21.6. The zero-order valence-electron chi connectivity index (χ0n) is 20.0. The van der Waals surface area contributed by atoms with Gasteiger partial charge in [0.15, 0.2) is 0 Å². The lowest BCUT2D eigenvalue weighted by atomic mass is 10.1. The molecule has 0 aliphatic heterocycles. The lowest BCUT2D eigenvalue weighted by Gasteiger charge is -2.11. The molecule has 9 nitrogen and oxygen atoms in total. The van der Waals surface area contributed by atoms with E-state index in [9.17, 15) is 19.5 Å². The molecule has 0 atom stereocenters. The Morgan fingerprint density at radius 1 is 1.05 bits per heavy atom. The minimum Gasteiger partial charge on any atom is -0.508 e. The molecule has 37 heavy (non-hydrogen) atoms. The van der Waals surface area contributed by atoms with Crippen LogP contribution in [0.15, 0.2) is 76.9 Å². The van der Waals surface area contributed by atoms with Crippen LogP contribution in [0.5, 0.6) is 5.75 Å². The monoisotopic (exact) mass is 562 g/mol. The molecule has 2 amide bonds. The highest BCUT2D eigenvalue weighted by atomic mass is 79.9. The van der Waals surface area contributed by atoms with Gasteiger partial charge in [-0.15, -0.1) is 0 Å². The van der Waals surface area contributed by atoms with E-state index >= 15 is 0 Å². The van der Waals surface area contributed by atoms with E-state index < -0.39 is 11.9 Å². The van der Waals surface area contributed by atoms with Gasteiger partial charge in [0.05, 0.1) is 23.7 Å². The van der Waals surface area contributed by atoms with Gasteiger partial charge in [0.1, 0.15) is 17.3 Å². The maximum Gasteiger partial charge on any atom is 0.354 e. The number of rotatable bonds is 7. The van der Waals surface area contributed by atoms with Gasteiger partial charge in [0, 0.05) is 29.7 Å². The number of benzene rings is 3. The van der Waals surface area contributed by atoms with Crippen LogP contribution in [0.25, 0.3) is 17.1 Å². The molecule has 0 saturated heterocycles. The molecule has 0 aliphatic rings. The Balaban J connectivity index is 1.51. The third kappa shape index (κ3) is 5.87. The van der Waals surface area contributed by atoms with Gasteiger partial charge in [0.25, 0.3) is 11.8 Å². The lowest BCUT2D eigenvalue weighted by Crippen LogP contribution is -2.29. The lowest BCUT2D eigenvalue weighted by molar-refractivity contribution is -0.136. The summed E-state index contributed by atoms with van der Waals surface area (Å²) in [6.07, 6.45) is 1.45.